The molecule has 14 nitrogen and oxygen atoms in total. The molecule has 50 heavy (non-hydrogen) atoms. The monoisotopic (exact) mass is 710 g/mol. The Morgan fingerprint density at radius 3 is 1.14 bits per heavy atom. The van der Waals surface area contributed by atoms with Crippen molar-refractivity contribution in [1.82, 2.24) is 0 Å². The van der Waals surface area contributed by atoms with Crippen LogP contribution >= 0.6 is 0 Å². The van der Waals surface area contributed by atoms with Gasteiger partial charge in [-0.25, -0.2) is 9.59 Å². The Hall–Kier alpha value is -4.04. The number of carboxylic acid groups (broad SMARTS) is 2. The lowest BCUT2D eigenvalue weighted by atomic mass is 9.81. The maximum atomic E-state index is 13.6. The van der Waals surface area contributed by atoms with Crippen LogP contribution in [0.2, 0.25) is 0 Å². The van der Waals surface area contributed by atoms with Gasteiger partial charge >= 0.3 is 35.8 Å². The first-order valence-electron chi connectivity index (χ1n) is 17.5. The molecular weight excluding hydrogens is 656 g/mol. The molecule has 2 N–H and O–H groups in total. The largest absolute Gasteiger partial charge is 0.478 e. The minimum Gasteiger partial charge on any atom is -0.478 e. The lowest BCUT2D eigenvalue weighted by Crippen LogP contribution is -2.31. The van der Waals surface area contributed by atoms with Crippen LogP contribution < -0.4 is 0 Å². The average molecular weight is 711 g/mol. The van der Waals surface area contributed by atoms with E-state index in [9.17, 15) is 39.0 Å². The molecule has 0 aromatic heterocycles. The number of rotatable bonds is 28. The maximum Gasteiger partial charge on any atom is 0.336 e. The van der Waals surface area contributed by atoms with Gasteiger partial charge in [-0.2, -0.15) is 0 Å². The normalized spacial score (nSPS) is 12.1. The highest BCUT2D eigenvalue weighted by Gasteiger charge is 2.38. The summed E-state index contributed by atoms with van der Waals surface area (Å²) in [5.74, 6) is -8.93. The van der Waals surface area contributed by atoms with Gasteiger partial charge in [0, 0.05) is 0 Å². The second kappa shape index (κ2) is 25.9. The van der Waals surface area contributed by atoms with E-state index in [0.717, 1.165) is 25.0 Å². The van der Waals surface area contributed by atoms with Crippen LogP contribution in [0.4, 0.5) is 0 Å². The van der Waals surface area contributed by atoms with E-state index in [4.69, 9.17) is 28.4 Å². The van der Waals surface area contributed by atoms with E-state index in [0.29, 0.717) is 38.5 Å². The molecule has 2 unspecified atom stereocenters. The van der Waals surface area contributed by atoms with Crippen molar-refractivity contribution in [3.63, 3.8) is 0 Å². The van der Waals surface area contributed by atoms with Crippen LogP contribution in [-0.4, -0.2) is 98.9 Å². The Morgan fingerprint density at radius 2 is 0.840 bits per heavy atom. The smallest absolute Gasteiger partial charge is 0.336 e. The van der Waals surface area contributed by atoms with E-state index in [1.807, 2.05) is 27.7 Å². The SMILES string of the molecule is CCCCOC(=O)CCOCC(C(=O)OCCCC)c1c(C(=O)O)ccc(C(=O)O)c1C(COCCC(=O)OCCCC)C(=O)OCCCC. The first-order chi connectivity index (χ1) is 24.0. The van der Waals surface area contributed by atoms with Crippen LogP contribution in [0.15, 0.2) is 12.1 Å². The quantitative estimate of drug-likeness (QED) is 0.0633. The number of aromatic carboxylic acids is 2. The van der Waals surface area contributed by atoms with Crippen molar-refractivity contribution < 1.29 is 67.4 Å². The lowest BCUT2D eigenvalue weighted by molar-refractivity contribution is -0.150. The third-order valence-corrected chi connectivity index (χ3v) is 7.49. The Morgan fingerprint density at radius 1 is 0.520 bits per heavy atom. The highest BCUT2D eigenvalue weighted by atomic mass is 16.6. The maximum absolute atomic E-state index is 13.6. The summed E-state index contributed by atoms with van der Waals surface area (Å²) < 4.78 is 32.6. The van der Waals surface area contributed by atoms with E-state index < -0.39 is 72.0 Å². The zero-order chi connectivity index (χ0) is 37.3. The molecule has 0 spiro atoms. The van der Waals surface area contributed by atoms with Gasteiger partial charge in [-0.1, -0.05) is 53.4 Å². The highest BCUT2D eigenvalue weighted by Crippen LogP contribution is 2.36. The molecule has 0 aliphatic heterocycles. The Kier molecular flexibility index (Phi) is 22.8. The molecule has 0 fully saturated rings. The number of carboxylic acids is 2. The van der Waals surface area contributed by atoms with Crippen LogP contribution in [0.3, 0.4) is 0 Å². The van der Waals surface area contributed by atoms with Crippen LogP contribution in [-0.2, 0) is 47.6 Å². The van der Waals surface area contributed by atoms with Crippen molar-refractivity contribution in [3.05, 3.63) is 34.4 Å². The Labute approximate surface area is 294 Å². The summed E-state index contributed by atoms with van der Waals surface area (Å²) in [5.41, 5.74) is -1.55. The van der Waals surface area contributed by atoms with Gasteiger partial charge in [0.25, 0.3) is 0 Å². The van der Waals surface area contributed by atoms with Gasteiger partial charge in [0.05, 0.1) is 76.8 Å². The Bertz CT molecular complexity index is 1130. The van der Waals surface area contributed by atoms with Gasteiger partial charge in [0.1, 0.15) is 11.8 Å². The molecule has 0 saturated heterocycles. The van der Waals surface area contributed by atoms with Gasteiger partial charge in [0.15, 0.2) is 0 Å². The van der Waals surface area contributed by atoms with Crippen molar-refractivity contribution in [3.8, 4) is 0 Å². The van der Waals surface area contributed by atoms with Gasteiger partial charge in [-0.05, 0) is 48.9 Å². The van der Waals surface area contributed by atoms with Crippen molar-refractivity contribution in [2.24, 2.45) is 0 Å². The average Bonchev–Trinajstić information content (AvgIpc) is 3.08. The van der Waals surface area contributed by atoms with Crippen LogP contribution in [0.25, 0.3) is 0 Å². The van der Waals surface area contributed by atoms with Crippen molar-refractivity contribution in [1.29, 1.82) is 0 Å². The van der Waals surface area contributed by atoms with Crippen molar-refractivity contribution in [2.75, 3.05) is 52.9 Å². The number of carbonyl (C=O) groups is 6. The molecule has 0 aliphatic rings. The minimum atomic E-state index is -1.53. The number of unbranched alkanes of at least 4 members (excludes halogenated alkanes) is 4. The van der Waals surface area contributed by atoms with Crippen molar-refractivity contribution in [2.45, 2.75) is 104 Å². The van der Waals surface area contributed by atoms with E-state index >= 15 is 0 Å². The predicted octanol–water partition coefficient (Wildman–Crippen LogP) is 5.44. The number of hydrogen-bond donors (Lipinski definition) is 2. The molecule has 2 atom stereocenters. The van der Waals surface area contributed by atoms with Crippen LogP contribution in [0.1, 0.15) is 136 Å². The second-order valence-electron chi connectivity index (χ2n) is 11.5. The van der Waals surface area contributed by atoms with Gasteiger partial charge in [-0.3, -0.25) is 19.2 Å². The number of hydrogen-bond acceptors (Lipinski definition) is 12. The predicted molar refractivity (Wildman–Crippen MR) is 180 cm³/mol. The summed E-state index contributed by atoms with van der Waals surface area (Å²) in [4.78, 5) is 76.8. The summed E-state index contributed by atoms with van der Waals surface area (Å²) in [6.45, 7) is 6.72. The molecule has 1 aromatic rings. The lowest BCUT2D eigenvalue weighted by Gasteiger charge is -2.27. The van der Waals surface area contributed by atoms with Gasteiger partial charge in [0.2, 0.25) is 0 Å². The van der Waals surface area contributed by atoms with Gasteiger partial charge in [-0.15, -0.1) is 0 Å². The van der Waals surface area contributed by atoms with E-state index in [-0.39, 0.29) is 63.6 Å². The number of esters is 4. The summed E-state index contributed by atoms with van der Waals surface area (Å²) in [5, 5.41) is 20.5. The van der Waals surface area contributed by atoms with E-state index in [1.165, 1.54) is 0 Å². The molecule has 0 radical (unpaired) electrons. The molecule has 282 valence electrons. The topological polar surface area (TPSA) is 198 Å². The first-order valence-corrected chi connectivity index (χ1v) is 17.5. The second-order valence-corrected chi connectivity index (χ2v) is 11.5. The number of benzene rings is 1. The fraction of sp³-hybridized carbons (Fsp3) is 0.667. The van der Waals surface area contributed by atoms with Gasteiger partial charge < -0.3 is 38.6 Å². The fourth-order valence-corrected chi connectivity index (χ4v) is 4.65. The standard InChI is InChI=1S/C36H54O14/c1-5-9-17-47-29(37)15-21-45-23-27(35(43)49-19-11-7-3)31-25(33(39)40)13-14-26(34(41)42)32(31)28(36(44)50-20-12-8-4)24-46-22-16-30(38)48-18-10-6-2/h13-14,27-28H,5-12,15-24H2,1-4H3,(H,39,40)(H,41,42). The molecule has 1 rings (SSSR count). The third-order valence-electron chi connectivity index (χ3n) is 7.49. The zero-order valence-corrected chi connectivity index (χ0v) is 29.8. The molecule has 0 bridgehead atoms. The molecule has 0 aliphatic carbocycles. The summed E-state index contributed by atoms with van der Waals surface area (Å²) in [7, 11) is 0. The van der Waals surface area contributed by atoms with E-state index in [1.54, 1.807) is 0 Å². The Balaban J connectivity index is 3.67. The van der Waals surface area contributed by atoms with Crippen LogP contribution in [0.5, 0.6) is 0 Å². The number of ether oxygens (including phenoxy) is 6. The number of carbonyl (C=O) groups excluding carboxylic acids is 4. The third kappa shape index (κ3) is 16.1. The van der Waals surface area contributed by atoms with Crippen LogP contribution in [0, 0.1) is 0 Å². The molecule has 0 saturated carbocycles. The van der Waals surface area contributed by atoms with E-state index in [2.05, 4.69) is 0 Å². The summed E-state index contributed by atoms with van der Waals surface area (Å²) in [6.07, 6.45) is 5.09. The summed E-state index contributed by atoms with van der Waals surface area (Å²) in [6, 6.07) is 2.07. The summed E-state index contributed by atoms with van der Waals surface area (Å²) >= 11 is 0. The molecule has 0 heterocycles. The molecule has 1 aromatic carbocycles. The molecule has 0 amide bonds. The zero-order valence-electron chi connectivity index (χ0n) is 29.8. The highest BCUT2D eigenvalue weighted by molar-refractivity contribution is 5.99. The fourth-order valence-electron chi connectivity index (χ4n) is 4.65. The first kappa shape index (κ1) is 44.0. The minimum absolute atomic E-state index is 0.00803. The van der Waals surface area contributed by atoms with Crippen molar-refractivity contribution >= 4 is 35.8 Å². The molecule has 14 heteroatoms. The molecular formula is C36H54O14.